The standard InChI is InChI=1S/C9H16O2/c1-5-8(7(3)4)11-9(10)6-2/h5,7H,6H2,1-4H3/b8-5-. The first-order valence-corrected chi connectivity index (χ1v) is 3.98. The van der Waals surface area contributed by atoms with Crippen LogP contribution in [-0.4, -0.2) is 5.97 Å². The largest absolute Gasteiger partial charge is 0.431 e. The van der Waals surface area contributed by atoms with Gasteiger partial charge >= 0.3 is 5.97 Å². The van der Waals surface area contributed by atoms with E-state index in [1.807, 2.05) is 26.8 Å². The van der Waals surface area contributed by atoms with Crippen LogP contribution >= 0.6 is 0 Å². The number of allylic oxidation sites excluding steroid dienone is 2. The van der Waals surface area contributed by atoms with Gasteiger partial charge in [0, 0.05) is 12.3 Å². The maximum atomic E-state index is 10.8. The van der Waals surface area contributed by atoms with Crippen LogP contribution in [0.15, 0.2) is 11.8 Å². The van der Waals surface area contributed by atoms with Crippen molar-refractivity contribution in [1.82, 2.24) is 0 Å². The number of carbonyl (C=O) groups excluding carboxylic acids is 1. The Morgan fingerprint density at radius 1 is 1.55 bits per heavy atom. The van der Waals surface area contributed by atoms with Crippen molar-refractivity contribution in [3.05, 3.63) is 11.8 Å². The zero-order valence-corrected chi connectivity index (χ0v) is 7.68. The summed E-state index contributed by atoms with van der Waals surface area (Å²) in [6.45, 7) is 7.66. The minimum atomic E-state index is -0.160. The van der Waals surface area contributed by atoms with Crippen LogP contribution in [-0.2, 0) is 9.53 Å². The molecule has 0 aromatic rings. The number of rotatable bonds is 3. The first-order valence-electron chi connectivity index (χ1n) is 3.98. The van der Waals surface area contributed by atoms with Crippen LogP contribution in [0.25, 0.3) is 0 Å². The summed E-state index contributed by atoms with van der Waals surface area (Å²) in [4.78, 5) is 10.8. The average molecular weight is 156 g/mol. The fraction of sp³-hybridized carbons (Fsp3) is 0.667. The second-order valence-corrected chi connectivity index (χ2v) is 2.67. The molecule has 2 heteroatoms. The summed E-state index contributed by atoms with van der Waals surface area (Å²) in [5.41, 5.74) is 0. The Hall–Kier alpha value is -0.790. The summed E-state index contributed by atoms with van der Waals surface area (Å²) in [5.74, 6) is 0.888. The Morgan fingerprint density at radius 3 is 2.36 bits per heavy atom. The van der Waals surface area contributed by atoms with Crippen LogP contribution < -0.4 is 0 Å². The van der Waals surface area contributed by atoms with Crippen LogP contribution in [0.2, 0.25) is 0 Å². The van der Waals surface area contributed by atoms with E-state index in [0.717, 1.165) is 5.76 Å². The molecule has 0 rings (SSSR count). The quantitative estimate of drug-likeness (QED) is 0.463. The Bertz CT molecular complexity index is 157. The highest BCUT2D eigenvalue weighted by Gasteiger charge is 2.06. The van der Waals surface area contributed by atoms with Gasteiger partial charge in [0.25, 0.3) is 0 Å². The molecule has 0 aromatic heterocycles. The van der Waals surface area contributed by atoms with Gasteiger partial charge in [-0.3, -0.25) is 4.79 Å². The number of hydrogen-bond donors (Lipinski definition) is 0. The van der Waals surface area contributed by atoms with E-state index in [1.54, 1.807) is 6.92 Å². The van der Waals surface area contributed by atoms with Gasteiger partial charge in [0.1, 0.15) is 5.76 Å². The zero-order chi connectivity index (χ0) is 8.85. The first kappa shape index (κ1) is 10.2. The molecule has 0 N–H and O–H groups in total. The molecule has 0 amide bonds. The molecule has 0 spiro atoms. The number of hydrogen-bond acceptors (Lipinski definition) is 2. The molecule has 2 nitrogen and oxygen atoms in total. The molecule has 0 saturated carbocycles. The normalized spacial score (nSPS) is 11.9. The molecule has 0 fully saturated rings. The van der Waals surface area contributed by atoms with Crippen molar-refractivity contribution >= 4 is 5.97 Å². The third-order valence-corrected chi connectivity index (χ3v) is 1.37. The molecule has 0 atom stereocenters. The van der Waals surface area contributed by atoms with E-state index in [2.05, 4.69) is 0 Å². The van der Waals surface area contributed by atoms with Crippen molar-refractivity contribution in [3.63, 3.8) is 0 Å². The van der Waals surface area contributed by atoms with Crippen molar-refractivity contribution < 1.29 is 9.53 Å². The van der Waals surface area contributed by atoms with Gasteiger partial charge in [-0.2, -0.15) is 0 Å². The lowest BCUT2D eigenvalue weighted by Gasteiger charge is -2.09. The summed E-state index contributed by atoms with van der Waals surface area (Å²) in [6, 6.07) is 0. The highest BCUT2D eigenvalue weighted by molar-refractivity contribution is 5.70. The monoisotopic (exact) mass is 156 g/mol. The molecule has 0 aromatic carbocycles. The van der Waals surface area contributed by atoms with E-state index in [-0.39, 0.29) is 11.9 Å². The van der Waals surface area contributed by atoms with Gasteiger partial charge in [-0.15, -0.1) is 0 Å². The van der Waals surface area contributed by atoms with E-state index < -0.39 is 0 Å². The molecule has 64 valence electrons. The summed E-state index contributed by atoms with van der Waals surface area (Å²) >= 11 is 0. The third-order valence-electron chi connectivity index (χ3n) is 1.37. The van der Waals surface area contributed by atoms with Gasteiger partial charge in [-0.25, -0.2) is 0 Å². The fourth-order valence-electron chi connectivity index (χ4n) is 0.714. The molecule has 0 aliphatic rings. The molecular weight excluding hydrogens is 140 g/mol. The minimum absolute atomic E-state index is 0.160. The van der Waals surface area contributed by atoms with Crippen molar-refractivity contribution in [2.45, 2.75) is 34.1 Å². The van der Waals surface area contributed by atoms with E-state index in [9.17, 15) is 4.79 Å². The van der Waals surface area contributed by atoms with Crippen LogP contribution in [0.1, 0.15) is 34.1 Å². The van der Waals surface area contributed by atoms with Crippen molar-refractivity contribution in [1.29, 1.82) is 0 Å². The summed E-state index contributed by atoms with van der Waals surface area (Å²) in [7, 11) is 0. The fourth-order valence-corrected chi connectivity index (χ4v) is 0.714. The van der Waals surface area contributed by atoms with Crippen molar-refractivity contribution in [2.24, 2.45) is 5.92 Å². The highest BCUT2D eigenvalue weighted by Crippen LogP contribution is 2.11. The highest BCUT2D eigenvalue weighted by atomic mass is 16.5. The molecule has 0 heterocycles. The Morgan fingerprint density at radius 2 is 2.09 bits per heavy atom. The summed E-state index contributed by atoms with van der Waals surface area (Å²) < 4.78 is 5.03. The molecule has 11 heavy (non-hydrogen) atoms. The smallest absolute Gasteiger partial charge is 0.310 e. The average Bonchev–Trinajstić information content (AvgIpc) is 1.99. The lowest BCUT2D eigenvalue weighted by molar-refractivity contribution is -0.139. The summed E-state index contributed by atoms with van der Waals surface area (Å²) in [5, 5.41) is 0. The predicted octanol–water partition coefficient (Wildman–Crippen LogP) is 2.50. The maximum absolute atomic E-state index is 10.8. The molecular formula is C9H16O2. The third kappa shape index (κ3) is 3.81. The zero-order valence-electron chi connectivity index (χ0n) is 7.68. The van der Waals surface area contributed by atoms with Crippen LogP contribution in [0.5, 0.6) is 0 Å². The number of ether oxygens (including phenoxy) is 1. The maximum Gasteiger partial charge on any atom is 0.310 e. The lowest BCUT2D eigenvalue weighted by atomic mass is 10.2. The molecule has 0 bridgehead atoms. The van der Waals surface area contributed by atoms with E-state index in [4.69, 9.17) is 4.74 Å². The van der Waals surface area contributed by atoms with E-state index >= 15 is 0 Å². The van der Waals surface area contributed by atoms with Gasteiger partial charge in [-0.1, -0.05) is 20.8 Å². The Balaban J connectivity index is 4.00. The molecule has 0 unspecified atom stereocenters. The van der Waals surface area contributed by atoms with Crippen LogP contribution in [0, 0.1) is 5.92 Å². The molecule has 0 aliphatic carbocycles. The topological polar surface area (TPSA) is 26.3 Å². The Kier molecular flexibility index (Phi) is 4.59. The number of esters is 1. The molecule has 0 aliphatic heterocycles. The molecule has 0 saturated heterocycles. The lowest BCUT2D eigenvalue weighted by Crippen LogP contribution is -2.06. The molecule has 0 radical (unpaired) electrons. The van der Waals surface area contributed by atoms with Crippen molar-refractivity contribution in [3.8, 4) is 0 Å². The van der Waals surface area contributed by atoms with Crippen LogP contribution in [0.3, 0.4) is 0 Å². The van der Waals surface area contributed by atoms with Gasteiger partial charge in [-0.05, 0) is 13.0 Å². The second-order valence-electron chi connectivity index (χ2n) is 2.67. The van der Waals surface area contributed by atoms with Gasteiger partial charge in [0.2, 0.25) is 0 Å². The van der Waals surface area contributed by atoms with E-state index in [1.165, 1.54) is 0 Å². The Labute approximate surface area is 68.2 Å². The summed E-state index contributed by atoms with van der Waals surface area (Å²) in [6.07, 6.45) is 2.27. The van der Waals surface area contributed by atoms with Gasteiger partial charge in [0.15, 0.2) is 0 Å². The SMILES string of the molecule is C/C=C(\OC(=O)CC)C(C)C. The van der Waals surface area contributed by atoms with E-state index in [0.29, 0.717) is 6.42 Å². The van der Waals surface area contributed by atoms with Crippen LogP contribution in [0.4, 0.5) is 0 Å². The van der Waals surface area contributed by atoms with Gasteiger partial charge in [0.05, 0.1) is 0 Å². The van der Waals surface area contributed by atoms with Crippen molar-refractivity contribution in [2.75, 3.05) is 0 Å². The van der Waals surface area contributed by atoms with Gasteiger partial charge < -0.3 is 4.74 Å². The predicted molar refractivity (Wildman–Crippen MR) is 45.0 cm³/mol. The second kappa shape index (κ2) is 4.94. The first-order chi connectivity index (χ1) is 5.11. The minimum Gasteiger partial charge on any atom is -0.431 e. The number of carbonyl (C=O) groups is 1.